The predicted octanol–water partition coefficient (Wildman–Crippen LogP) is 11.0. The van der Waals surface area contributed by atoms with Crippen molar-refractivity contribution in [3.63, 3.8) is 0 Å². The topological polar surface area (TPSA) is 29.5 Å². The number of allylic oxidation sites excluding steroid dienone is 5. The molecule has 3 atom stereocenters. The fraction of sp³-hybridized carbons (Fsp3) is 0.771. The molecule has 37 heavy (non-hydrogen) atoms. The SMILES string of the molecule is CCCC/C=C(\C)CCC/C(C)=C/CCC(C)CCC1=CC(O)C(C)C(C)=C1OCCCCCCCC. The molecule has 0 amide bonds. The quantitative estimate of drug-likeness (QED) is 0.122. The Hall–Kier alpha value is -1.28. The van der Waals surface area contributed by atoms with E-state index in [2.05, 4.69) is 66.7 Å². The summed E-state index contributed by atoms with van der Waals surface area (Å²) >= 11 is 0. The molecule has 0 heterocycles. The molecule has 0 aromatic heterocycles. The number of ether oxygens (including phenoxy) is 1. The third-order valence-electron chi connectivity index (χ3n) is 8.21. The van der Waals surface area contributed by atoms with Crippen molar-refractivity contribution >= 4 is 0 Å². The normalized spacial score (nSPS) is 19.8. The monoisotopic (exact) mass is 514 g/mol. The summed E-state index contributed by atoms with van der Waals surface area (Å²) in [4.78, 5) is 0. The van der Waals surface area contributed by atoms with E-state index in [1.807, 2.05) is 0 Å². The third kappa shape index (κ3) is 15.0. The molecule has 1 rings (SSSR count). The maximum atomic E-state index is 10.6. The Labute approximate surface area is 231 Å². The van der Waals surface area contributed by atoms with Crippen molar-refractivity contribution in [1.82, 2.24) is 0 Å². The first-order chi connectivity index (χ1) is 17.8. The van der Waals surface area contributed by atoms with Gasteiger partial charge in [-0.15, -0.1) is 0 Å². The molecule has 0 aliphatic heterocycles. The van der Waals surface area contributed by atoms with Crippen molar-refractivity contribution in [3.8, 4) is 0 Å². The number of rotatable bonds is 21. The Kier molecular flexibility index (Phi) is 18.8. The zero-order valence-electron chi connectivity index (χ0n) is 25.8. The maximum absolute atomic E-state index is 10.6. The highest BCUT2D eigenvalue weighted by atomic mass is 16.5. The van der Waals surface area contributed by atoms with Gasteiger partial charge in [-0.25, -0.2) is 0 Å². The van der Waals surface area contributed by atoms with Crippen LogP contribution in [0.4, 0.5) is 0 Å². The Bertz CT molecular complexity index is 724. The molecule has 214 valence electrons. The van der Waals surface area contributed by atoms with Gasteiger partial charge in [-0.3, -0.25) is 0 Å². The molecule has 0 spiro atoms. The van der Waals surface area contributed by atoms with Crippen LogP contribution >= 0.6 is 0 Å². The molecule has 0 saturated carbocycles. The Morgan fingerprint density at radius 1 is 0.892 bits per heavy atom. The fourth-order valence-electron chi connectivity index (χ4n) is 5.17. The molecule has 3 unspecified atom stereocenters. The first-order valence-electron chi connectivity index (χ1n) is 15.8. The zero-order chi connectivity index (χ0) is 27.5. The van der Waals surface area contributed by atoms with Gasteiger partial charge in [0.15, 0.2) is 0 Å². The minimum Gasteiger partial charge on any atom is -0.493 e. The first kappa shape index (κ1) is 33.7. The summed E-state index contributed by atoms with van der Waals surface area (Å²) in [5.74, 6) is 1.89. The van der Waals surface area contributed by atoms with Gasteiger partial charge < -0.3 is 9.84 Å². The summed E-state index contributed by atoms with van der Waals surface area (Å²) in [6.45, 7) is 16.6. The molecule has 0 fully saturated rings. The van der Waals surface area contributed by atoms with Crippen LogP contribution in [0, 0.1) is 11.8 Å². The molecular weight excluding hydrogens is 452 g/mol. The van der Waals surface area contributed by atoms with Crippen molar-refractivity contribution in [2.45, 2.75) is 157 Å². The highest BCUT2D eigenvalue weighted by Gasteiger charge is 2.26. The largest absolute Gasteiger partial charge is 0.493 e. The van der Waals surface area contributed by atoms with E-state index in [4.69, 9.17) is 4.74 Å². The third-order valence-corrected chi connectivity index (χ3v) is 8.21. The fourth-order valence-corrected chi connectivity index (χ4v) is 5.17. The summed E-state index contributed by atoms with van der Waals surface area (Å²) < 4.78 is 6.35. The molecule has 1 N–H and O–H groups in total. The van der Waals surface area contributed by atoms with Crippen molar-refractivity contribution in [2.24, 2.45) is 11.8 Å². The van der Waals surface area contributed by atoms with Crippen molar-refractivity contribution in [2.75, 3.05) is 6.61 Å². The second-order valence-electron chi connectivity index (χ2n) is 11.9. The van der Waals surface area contributed by atoms with Crippen LogP contribution in [0.3, 0.4) is 0 Å². The van der Waals surface area contributed by atoms with E-state index in [1.54, 1.807) is 11.1 Å². The van der Waals surface area contributed by atoms with Gasteiger partial charge >= 0.3 is 0 Å². The lowest BCUT2D eigenvalue weighted by Crippen LogP contribution is -2.23. The van der Waals surface area contributed by atoms with Crippen LogP contribution in [0.25, 0.3) is 0 Å². The molecule has 2 nitrogen and oxygen atoms in total. The van der Waals surface area contributed by atoms with E-state index in [-0.39, 0.29) is 12.0 Å². The molecule has 1 aliphatic rings. The summed E-state index contributed by atoms with van der Waals surface area (Å²) in [6, 6.07) is 0. The van der Waals surface area contributed by atoms with E-state index in [0.29, 0.717) is 5.92 Å². The van der Waals surface area contributed by atoms with Crippen LogP contribution in [0.5, 0.6) is 0 Å². The van der Waals surface area contributed by atoms with Crippen LogP contribution in [0.1, 0.15) is 151 Å². The van der Waals surface area contributed by atoms with E-state index >= 15 is 0 Å². The summed E-state index contributed by atoms with van der Waals surface area (Å²) in [5, 5.41) is 10.6. The van der Waals surface area contributed by atoms with E-state index < -0.39 is 0 Å². The van der Waals surface area contributed by atoms with Crippen LogP contribution in [0.15, 0.2) is 46.3 Å². The van der Waals surface area contributed by atoms with E-state index in [1.165, 1.54) is 94.6 Å². The lowest BCUT2D eigenvalue weighted by molar-refractivity contribution is 0.154. The molecule has 2 heteroatoms. The molecule has 1 aliphatic carbocycles. The highest BCUT2D eigenvalue weighted by Crippen LogP contribution is 2.34. The smallest absolute Gasteiger partial charge is 0.121 e. The molecule has 0 aromatic rings. The lowest BCUT2D eigenvalue weighted by atomic mass is 9.84. The number of aliphatic hydroxyl groups excluding tert-OH is 1. The first-order valence-corrected chi connectivity index (χ1v) is 15.8. The Balaban J connectivity index is 2.42. The minimum atomic E-state index is -0.387. The molecule has 0 saturated heterocycles. The van der Waals surface area contributed by atoms with Crippen molar-refractivity contribution < 1.29 is 9.84 Å². The van der Waals surface area contributed by atoms with Crippen LogP contribution in [-0.4, -0.2) is 17.8 Å². The van der Waals surface area contributed by atoms with Gasteiger partial charge in [-0.05, 0) is 102 Å². The van der Waals surface area contributed by atoms with Gasteiger partial charge in [0.2, 0.25) is 0 Å². The Morgan fingerprint density at radius 3 is 2.19 bits per heavy atom. The number of unbranched alkanes of at least 4 members (excludes halogenated alkanes) is 7. The summed E-state index contributed by atoms with van der Waals surface area (Å²) in [6.07, 6.45) is 26.4. The van der Waals surface area contributed by atoms with E-state index in [0.717, 1.165) is 31.6 Å². The van der Waals surface area contributed by atoms with Gasteiger partial charge in [0.05, 0.1) is 12.7 Å². The van der Waals surface area contributed by atoms with E-state index in [9.17, 15) is 5.11 Å². The molecular formula is C35H62O2. The van der Waals surface area contributed by atoms with Crippen molar-refractivity contribution in [3.05, 3.63) is 46.3 Å². The highest BCUT2D eigenvalue weighted by molar-refractivity contribution is 5.37. The summed E-state index contributed by atoms with van der Waals surface area (Å²) in [5.41, 5.74) is 5.56. The summed E-state index contributed by atoms with van der Waals surface area (Å²) in [7, 11) is 0. The van der Waals surface area contributed by atoms with Gasteiger partial charge in [0, 0.05) is 5.92 Å². The average Bonchev–Trinajstić information content (AvgIpc) is 2.87. The minimum absolute atomic E-state index is 0.143. The van der Waals surface area contributed by atoms with Crippen LogP contribution in [-0.2, 0) is 4.74 Å². The van der Waals surface area contributed by atoms with Crippen molar-refractivity contribution in [1.29, 1.82) is 0 Å². The zero-order valence-corrected chi connectivity index (χ0v) is 25.8. The lowest BCUT2D eigenvalue weighted by Gasteiger charge is -2.29. The molecule has 0 aromatic carbocycles. The van der Waals surface area contributed by atoms with Gasteiger partial charge in [0.25, 0.3) is 0 Å². The number of hydrogen-bond donors (Lipinski definition) is 1. The molecule has 0 bridgehead atoms. The standard InChI is InChI=1S/C35H62O2/c1-8-10-12-13-14-16-26-37-35-32(7)31(6)34(36)27-33(35)25-24-30(5)23-18-22-29(4)21-17-20-28(3)19-15-11-9-2/h19,22,27,30-31,34,36H,8-18,20-21,23-26H2,1-7H3/b28-19+,29-22+. The van der Waals surface area contributed by atoms with Crippen LogP contribution in [0.2, 0.25) is 0 Å². The molecule has 0 radical (unpaired) electrons. The maximum Gasteiger partial charge on any atom is 0.121 e. The number of hydrogen-bond acceptors (Lipinski definition) is 2. The van der Waals surface area contributed by atoms with Gasteiger partial charge in [0.1, 0.15) is 5.76 Å². The van der Waals surface area contributed by atoms with Gasteiger partial charge in [-0.2, -0.15) is 0 Å². The number of aliphatic hydroxyl groups is 1. The van der Waals surface area contributed by atoms with Gasteiger partial charge in [-0.1, -0.05) is 95.9 Å². The second kappa shape index (κ2) is 20.7. The second-order valence-corrected chi connectivity index (χ2v) is 11.9. The average molecular weight is 515 g/mol. The van der Waals surface area contributed by atoms with Crippen LogP contribution < -0.4 is 0 Å². The Morgan fingerprint density at radius 2 is 1.51 bits per heavy atom. The predicted molar refractivity (Wildman–Crippen MR) is 164 cm³/mol.